The van der Waals surface area contributed by atoms with E-state index in [9.17, 15) is 4.79 Å². The smallest absolute Gasteiger partial charge is 0.335 e. The lowest BCUT2D eigenvalue weighted by molar-refractivity contribution is 0.0697. The van der Waals surface area contributed by atoms with Gasteiger partial charge >= 0.3 is 5.97 Å². The molecule has 6 heteroatoms. The summed E-state index contributed by atoms with van der Waals surface area (Å²) in [4.78, 5) is 17.8. The van der Waals surface area contributed by atoms with Crippen LogP contribution in [-0.4, -0.2) is 43.6 Å². The van der Waals surface area contributed by atoms with E-state index >= 15 is 0 Å². The normalized spacial score (nSPS) is 14.0. The van der Waals surface area contributed by atoms with Crippen molar-refractivity contribution < 1.29 is 19.4 Å². The molecule has 1 fully saturated rings. The minimum atomic E-state index is -0.933. The van der Waals surface area contributed by atoms with Crippen LogP contribution in [-0.2, 0) is 11.3 Å². The van der Waals surface area contributed by atoms with Gasteiger partial charge in [-0.1, -0.05) is 12.1 Å². The third kappa shape index (κ3) is 5.71. The molecule has 0 saturated carbocycles. The molecule has 3 aromatic rings. The fourth-order valence-corrected chi connectivity index (χ4v) is 3.28. The molecule has 31 heavy (non-hydrogen) atoms. The first-order valence-electron chi connectivity index (χ1n) is 10.2. The van der Waals surface area contributed by atoms with Gasteiger partial charge in [0.05, 0.1) is 24.5 Å². The van der Waals surface area contributed by atoms with Crippen molar-refractivity contribution in [3.05, 3.63) is 89.5 Å². The number of rotatable bonds is 7. The average molecular weight is 416 g/mol. The summed E-state index contributed by atoms with van der Waals surface area (Å²) in [6.45, 7) is 3.77. The highest BCUT2D eigenvalue weighted by molar-refractivity contribution is 5.87. The van der Waals surface area contributed by atoms with E-state index < -0.39 is 5.97 Å². The van der Waals surface area contributed by atoms with Crippen LogP contribution in [0.1, 0.15) is 21.5 Å². The number of aromatic carboxylic acids is 1. The Morgan fingerprint density at radius 1 is 0.968 bits per heavy atom. The molecule has 1 aliphatic rings. The summed E-state index contributed by atoms with van der Waals surface area (Å²) in [6, 6.07) is 22.6. The van der Waals surface area contributed by atoms with Crippen LogP contribution < -0.4 is 9.64 Å². The number of benzene rings is 3. The topological polar surface area (TPSA) is 71.4 Å². The molecule has 0 bridgehead atoms. The number of carbonyl (C=O) groups is 1. The van der Waals surface area contributed by atoms with Crippen LogP contribution in [0.15, 0.2) is 77.8 Å². The second kappa shape index (κ2) is 9.91. The van der Waals surface area contributed by atoms with Gasteiger partial charge in [-0.2, -0.15) is 0 Å². The summed E-state index contributed by atoms with van der Waals surface area (Å²) in [7, 11) is 0. The molecule has 1 saturated heterocycles. The highest BCUT2D eigenvalue weighted by Gasteiger charge is 2.10. The maximum absolute atomic E-state index is 10.9. The molecular weight excluding hydrogens is 392 g/mol. The SMILES string of the molecule is O=C(O)c1ccc(COc2ccc(C=Nc3ccc(N4CCOCC4)cc3)cc2)cc1. The quantitative estimate of drug-likeness (QED) is 0.572. The molecule has 0 radical (unpaired) electrons. The maximum atomic E-state index is 10.9. The molecule has 6 nitrogen and oxygen atoms in total. The lowest BCUT2D eigenvalue weighted by Gasteiger charge is -2.28. The van der Waals surface area contributed by atoms with Crippen molar-refractivity contribution >= 4 is 23.6 Å². The fraction of sp³-hybridized carbons (Fsp3) is 0.200. The number of hydrogen-bond donors (Lipinski definition) is 1. The first-order valence-corrected chi connectivity index (χ1v) is 10.2. The predicted molar refractivity (Wildman–Crippen MR) is 121 cm³/mol. The van der Waals surface area contributed by atoms with Gasteiger partial charge in [-0.3, -0.25) is 4.99 Å². The van der Waals surface area contributed by atoms with E-state index in [1.165, 1.54) is 5.69 Å². The van der Waals surface area contributed by atoms with Crippen molar-refractivity contribution in [1.29, 1.82) is 0 Å². The number of ether oxygens (including phenoxy) is 2. The second-order valence-electron chi connectivity index (χ2n) is 7.23. The molecule has 3 aromatic carbocycles. The van der Waals surface area contributed by atoms with E-state index in [-0.39, 0.29) is 5.56 Å². The van der Waals surface area contributed by atoms with Crippen molar-refractivity contribution in [3.63, 3.8) is 0 Å². The summed E-state index contributed by atoms with van der Waals surface area (Å²) in [5.41, 5.74) is 4.26. The molecular formula is C25H24N2O4. The van der Waals surface area contributed by atoms with Crippen LogP contribution in [0.2, 0.25) is 0 Å². The minimum Gasteiger partial charge on any atom is -0.489 e. The van der Waals surface area contributed by atoms with Crippen molar-refractivity contribution in [2.75, 3.05) is 31.2 Å². The van der Waals surface area contributed by atoms with Gasteiger partial charge < -0.3 is 19.5 Å². The lowest BCUT2D eigenvalue weighted by atomic mass is 10.1. The monoisotopic (exact) mass is 416 g/mol. The Labute approximate surface area is 181 Å². The van der Waals surface area contributed by atoms with Gasteiger partial charge in [0.2, 0.25) is 0 Å². The van der Waals surface area contributed by atoms with Crippen molar-refractivity contribution in [1.82, 2.24) is 0 Å². The Balaban J connectivity index is 1.30. The van der Waals surface area contributed by atoms with Gasteiger partial charge in [-0.15, -0.1) is 0 Å². The second-order valence-corrected chi connectivity index (χ2v) is 7.23. The van der Waals surface area contributed by atoms with Gasteiger partial charge in [-0.05, 0) is 71.8 Å². The van der Waals surface area contributed by atoms with Gasteiger partial charge in [0, 0.05) is 25.0 Å². The third-order valence-electron chi connectivity index (χ3n) is 5.08. The number of aliphatic imine (C=N–C) groups is 1. The van der Waals surface area contributed by atoms with Crippen molar-refractivity contribution in [2.24, 2.45) is 4.99 Å². The molecule has 0 amide bonds. The minimum absolute atomic E-state index is 0.267. The molecule has 0 aromatic heterocycles. The zero-order valence-electron chi connectivity index (χ0n) is 17.1. The van der Waals surface area contributed by atoms with Gasteiger partial charge in [0.25, 0.3) is 0 Å². The van der Waals surface area contributed by atoms with E-state index in [1.807, 2.05) is 42.6 Å². The van der Waals surface area contributed by atoms with Gasteiger partial charge in [0.15, 0.2) is 0 Å². The Kier molecular flexibility index (Phi) is 6.59. The van der Waals surface area contributed by atoms with Gasteiger partial charge in [0.1, 0.15) is 12.4 Å². The standard InChI is InChI=1S/C25H24N2O4/c28-25(29)21-5-1-20(2-6-21)18-31-24-11-3-19(4-12-24)17-26-22-7-9-23(10-8-22)27-13-15-30-16-14-27/h1-12,17H,13-16,18H2,(H,28,29). The van der Waals surface area contributed by atoms with Crippen LogP contribution in [0.4, 0.5) is 11.4 Å². The third-order valence-corrected chi connectivity index (χ3v) is 5.08. The highest BCUT2D eigenvalue weighted by Crippen LogP contribution is 2.21. The zero-order chi connectivity index (χ0) is 21.5. The van der Waals surface area contributed by atoms with E-state index in [0.717, 1.165) is 48.9 Å². The van der Waals surface area contributed by atoms with E-state index in [2.05, 4.69) is 22.0 Å². The van der Waals surface area contributed by atoms with Gasteiger partial charge in [-0.25, -0.2) is 4.79 Å². The Bertz CT molecular complexity index is 1020. The van der Waals surface area contributed by atoms with Crippen LogP contribution in [0.3, 0.4) is 0 Å². The van der Waals surface area contributed by atoms with Crippen molar-refractivity contribution in [3.8, 4) is 5.75 Å². The molecule has 0 spiro atoms. The number of carboxylic acids is 1. The first-order chi connectivity index (χ1) is 15.2. The molecule has 1 aliphatic heterocycles. The molecule has 1 N–H and O–H groups in total. The van der Waals surface area contributed by atoms with E-state index in [4.69, 9.17) is 14.6 Å². The number of nitrogens with zero attached hydrogens (tertiary/aromatic N) is 2. The number of carboxylic acid groups (broad SMARTS) is 1. The Morgan fingerprint density at radius 3 is 2.29 bits per heavy atom. The van der Waals surface area contributed by atoms with E-state index in [0.29, 0.717) is 6.61 Å². The molecule has 1 heterocycles. The maximum Gasteiger partial charge on any atom is 0.335 e. The van der Waals surface area contributed by atoms with Crippen molar-refractivity contribution in [2.45, 2.75) is 6.61 Å². The van der Waals surface area contributed by atoms with Crippen LogP contribution in [0.5, 0.6) is 5.75 Å². The molecule has 0 unspecified atom stereocenters. The molecule has 158 valence electrons. The molecule has 4 rings (SSSR count). The predicted octanol–water partition coefficient (Wildman–Crippen LogP) is 4.55. The molecule has 0 aliphatic carbocycles. The van der Waals surface area contributed by atoms with E-state index in [1.54, 1.807) is 24.3 Å². The number of anilines is 1. The summed E-state index contributed by atoms with van der Waals surface area (Å²) in [5, 5.41) is 8.94. The first kappa shape index (κ1) is 20.6. The van der Waals surface area contributed by atoms with Crippen LogP contribution in [0, 0.1) is 0 Å². The highest BCUT2D eigenvalue weighted by atomic mass is 16.5. The zero-order valence-corrected chi connectivity index (χ0v) is 17.1. The average Bonchev–Trinajstić information content (AvgIpc) is 2.83. The number of morpholine rings is 1. The summed E-state index contributed by atoms with van der Waals surface area (Å²) in [6.07, 6.45) is 1.83. The summed E-state index contributed by atoms with van der Waals surface area (Å²) < 4.78 is 11.2. The Hall–Kier alpha value is -3.64. The molecule has 0 atom stereocenters. The lowest BCUT2D eigenvalue weighted by Crippen LogP contribution is -2.36. The number of hydrogen-bond acceptors (Lipinski definition) is 5. The summed E-state index contributed by atoms with van der Waals surface area (Å²) in [5.74, 6) is -0.188. The summed E-state index contributed by atoms with van der Waals surface area (Å²) >= 11 is 0. The van der Waals surface area contributed by atoms with Crippen LogP contribution >= 0.6 is 0 Å². The largest absolute Gasteiger partial charge is 0.489 e. The Morgan fingerprint density at radius 2 is 1.65 bits per heavy atom. The van der Waals surface area contributed by atoms with Crippen LogP contribution in [0.25, 0.3) is 0 Å². The fourth-order valence-electron chi connectivity index (χ4n) is 3.28.